The number of anilines is 1. The Morgan fingerprint density at radius 2 is 2.04 bits per heavy atom. The van der Waals surface area contributed by atoms with Crippen molar-refractivity contribution < 1.29 is 4.74 Å². The molecule has 1 aromatic carbocycles. The molecule has 0 aliphatic carbocycles. The van der Waals surface area contributed by atoms with Crippen LogP contribution in [0.5, 0.6) is 0 Å². The third-order valence-corrected chi connectivity index (χ3v) is 5.40. The van der Waals surface area contributed by atoms with Crippen molar-refractivity contribution >= 4 is 23.0 Å². The van der Waals surface area contributed by atoms with Gasteiger partial charge in [0.25, 0.3) is 0 Å². The number of nitrogens with zero attached hydrogens (tertiary/aromatic N) is 2. The highest BCUT2D eigenvalue weighted by Gasteiger charge is 2.14. The minimum atomic E-state index is 0.459. The summed E-state index contributed by atoms with van der Waals surface area (Å²) in [5.74, 6) is 1.30. The van der Waals surface area contributed by atoms with Crippen molar-refractivity contribution in [3.63, 3.8) is 0 Å². The number of morpholine rings is 1. The fraction of sp³-hybridized carbons (Fsp3) is 0.450. The van der Waals surface area contributed by atoms with Crippen molar-refractivity contribution in [1.82, 2.24) is 10.6 Å². The molecular formula is C20H28N4OS. The number of hydrogen-bond donors (Lipinski definition) is 2. The van der Waals surface area contributed by atoms with E-state index in [0.717, 1.165) is 45.4 Å². The van der Waals surface area contributed by atoms with Crippen molar-refractivity contribution in [1.29, 1.82) is 0 Å². The molecule has 0 saturated carbocycles. The van der Waals surface area contributed by atoms with E-state index in [-0.39, 0.29) is 0 Å². The monoisotopic (exact) mass is 372 g/mol. The second kappa shape index (κ2) is 9.59. The lowest BCUT2D eigenvalue weighted by atomic mass is 10.1. The number of hydrogen-bond acceptors (Lipinski definition) is 4. The second-order valence-electron chi connectivity index (χ2n) is 6.49. The number of rotatable bonds is 6. The number of thiophene rings is 1. The van der Waals surface area contributed by atoms with E-state index in [4.69, 9.17) is 4.74 Å². The molecule has 2 heterocycles. The third-order valence-electron chi connectivity index (χ3n) is 4.70. The van der Waals surface area contributed by atoms with Crippen molar-refractivity contribution in [2.45, 2.75) is 19.4 Å². The summed E-state index contributed by atoms with van der Waals surface area (Å²) >= 11 is 1.74. The molecule has 3 rings (SSSR count). The molecule has 1 fully saturated rings. The van der Waals surface area contributed by atoms with E-state index in [0.29, 0.717) is 5.92 Å². The van der Waals surface area contributed by atoms with Crippen LogP contribution in [0.15, 0.2) is 46.1 Å². The lowest BCUT2D eigenvalue weighted by molar-refractivity contribution is 0.122. The maximum Gasteiger partial charge on any atom is 0.191 e. The molecule has 1 aliphatic heterocycles. The molecule has 1 atom stereocenters. The Morgan fingerprint density at radius 1 is 1.23 bits per heavy atom. The summed E-state index contributed by atoms with van der Waals surface area (Å²) in [7, 11) is 1.82. The van der Waals surface area contributed by atoms with Gasteiger partial charge in [0.05, 0.1) is 13.2 Å². The van der Waals surface area contributed by atoms with Crippen LogP contribution in [0.4, 0.5) is 5.69 Å². The summed E-state index contributed by atoms with van der Waals surface area (Å²) in [6.45, 7) is 7.33. The van der Waals surface area contributed by atoms with Crippen LogP contribution in [-0.2, 0) is 11.3 Å². The second-order valence-corrected chi connectivity index (χ2v) is 7.27. The van der Waals surface area contributed by atoms with Gasteiger partial charge in [-0.05, 0) is 39.9 Å². The molecular weight excluding hydrogens is 344 g/mol. The van der Waals surface area contributed by atoms with Gasteiger partial charge in [-0.25, -0.2) is 0 Å². The maximum atomic E-state index is 5.48. The maximum absolute atomic E-state index is 5.48. The van der Waals surface area contributed by atoms with Gasteiger partial charge in [-0.1, -0.05) is 25.1 Å². The average molecular weight is 373 g/mol. The first kappa shape index (κ1) is 18.7. The van der Waals surface area contributed by atoms with Crippen LogP contribution in [0.3, 0.4) is 0 Å². The van der Waals surface area contributed by atoms with E-state index >= 15 is 0 Å². The highest BCUT2D eigenvalue weighted by atomic mass is 32.1. The van der Waals surface area contributed by atoms with Crippen LogP contribution in [0.2, 0.25) is 0 Å². The van der Waals surface area contributed by atoms with Crippen LogP contribution in [0, 0.1) is 0 Å². The summed E-state index contributed by atoms with van der Waals surface area (Å²) in [5.41, 5.74) is 3.93. The van der Waals surface area contributed by atoms with E-state index in [1.54, 1.807) is 11.3 Å². The van der Waals surface area contributed by atoms with Crippen LogP contribution >= 0.6 is 11.3 Å². The predicted molar refractivity (Wildman–Crippen MR) is 110 cm³/mol. The largest absolute Gasteiger partial charge is 0.378 e. The quantitative estimate of drug-likeness (QED) is 0.604. The summed E-state index contributed by atoms with van der Waals surface area (Å²) < 4.78 is 5.48. The number of guanidine groups is 1. The summed E-state index contributed by atoms with van der Waals surface area (Å²) in [5, 5.41) is 11.2. The van der Waals surface area contributed by atoms with Crippen molar-refractivity contribution in [3.05, 3.63) is 52.2 Å². The van der Waals surface area contributed by atoms with Crippen LogP contribution in [0.25, 0.3) is 0 Å². The normalized spacial score (nSPS) is 16.4. The van der Waals surface area contributed by atoms with Crippen molar-refractivity contribution in [2.75, 3.05) is 44.8 Å². The van der Waals surface area contributed by atoms with Crippen LogP contribution in [-0.4, -0.2) is 45.9 Å². The Balaban J connectivity index is 1.55. The van der Waals surface area contributed by atoms with Crippen molar-refractivity contribution in [2.24, 2.45) is 4.99 Å². The van der Waals surface area contributed by atoms with E-state index in [1.807, 2.05) is 7.05 Å². The smallest absolute Gasteiger partial charge is 0.191 e. The highest BCUT2D eigenvalue weighted by molar-refractivity contribution is 7.07. The van der Waals surface area contributed by atoms with Gasteiger partial charge in [0.1, 0.15) is 0 Å². The van der Waals surface area contributed by atoms with Gasteiger partial charge in [0, 0.05) is 38.9 Å². The van der Waals surface area contributed by atoms with E-state index in [9.17, 15) is 0 Å². The topological polar surface area (TPSA) is 48.9 Å². The standard InChI is InChI=1S/C20H28N4OS/c1-16(18-7-12-26-15-18)13-22-20(21-2)23-14-17-5-3-4-6-19(17)24-8-10-25-11-9-24/h3-7,12,15-16H,8-11,13-14H2,1-2H3,(H2,21,22,23). The molecule has 1 aromatic heterocycles. The molecule has 0 spiro atoms. The molecule has 5 nitrogen and oxygen atoms in total. The molecule has 1 unspecified atom stereocenters. The number of aliphatic imine (C=N–C) groups is 1. The number of nitrogens with one attached hydrogen (secondary N) is 2. The fourth-order valence-electron chi connectivity index (χ4n) is 3.10. The minimum Gasteiger partial charge on any atom is -0.378 e. The van der Waals surface area contributed by atoms with Gasteiger partial charge in [-0.2, -0.15) is 11.3 Å². The van der Waals surface area contributed by atoms with Gasteiger partial charge in [-0.3, -0.25) is 4.99 Å². The highest BCUT2D eigenvalue weighted by Crippen LogP contribution is 2.21. The van der Waals surface area contributed by atoms with Gasteiger partial charge in [-0.15, -0.1) is 0 Å². The molecule has 6 heteroatoms. The lowest BCUT2D eigenvalue weighted by Crippen LogP contribution is -2.40. The Kier molecular flexibility index (Phi) is 6.91. The number of para-hydroxylation sites is 1. The molecule has 0 amide bonds. The molecule has 0 bridgehead atoms. The average Bonchev–Trinajstić information content (AvgIpc) is 3.24. The zero-order chi connectivity index (χ0) is 18.2. The van der Waals surface area contributed by atoms with E-state index in [2.05, 4.69) is 68.5 Å². The number of benzene rings is 1. The van der Waals surface area contributed by atoms with Crippen LogP contribution < -0.4 is 15.5 Å². The number of ether oxygens (including phenoxy) is 1. The Hall–Kier alpha value is -2.05. The summed E-state index contributed by atoms with van der Waals surface area (Å²) in [6, 6.07) is 10.8. The Bertz CT molecular complexity index is 696. The Morgan fingerprint density at radius 3 is 2.77 bits per heavy atom. The van der Waals surface area contributed by atoms with Gasteiger partial charge in [0.2, 0.25) is 0 Å². The Labute approximate surface area is 160 Å². The lowest BCUT2D eigenvalue weighted by Gasteiger charge is -2.30. The molecule has 1 aliphatic rings. The van der Waals surface area contributed by atoms with Gasteiger partial charge >= 0.3 is 0 Å². The molecule has 0 radical (unpaired) electrons. The molecule has 2 N–H and O–H groups in total. The first-order valence-corrected chi connectivity index (χ1v) is 10.1. The minimum absolute atomic E-state index is 0.459. The fourth-order valence-corrected chi connectivity index (χ4v) is 3.88. The van der Waals surface area contributed by atoms with Gasteiger partial charge < -0.3 is 20.3 Å². The predicted octanol–water partition coefficient (Wildman–Crippen LogP) is 3.05. The zero-order valence-corrected chi connectivity index (χ0v) is 16.4. The summed E-state index contributed by atoms with van der Waals surface area (Å²) in [6.07, 6.45) is 0. The van der Waals surface area contributed by atoms with E-state index < -0.39 is 0 Å². The molecule has 26 heavy (non-hydrogen) atoms. The van der Waals surface area contributed by atoms with Gasteiger partial charge in [0.15, 0.2) is 5.96 Å². The first-order chi connectivity index (χ1) is 12.8. The third kappa shape index (κ3) is 4.99. The summed E-state index contributed by atoms with van der Waals surface area (Å²) in [4.78, 5) is 6.76. The molecule has 2 aromatic rings. The zero-order valence-electron chi connectivity index (χ0n) is 15.6. The first-order valence-electron chi connectivity index (χ1n) is 9.15. The van der Waals surface area contributed by atoms with Crippen molar-refractivity contribution in [3.8, 4) is 0 Å². The SMILES string of the molecule is CN=C(NCc1ccccc1N1CCOCC1)NCC(C)c1ccsc1. The van der Waals surface area contributed by atoms with Crippen LogP contribution in [0.1, 0.15) is 24.0 Å². The molecule has 140 valence electrons. The molecule has 1 saturated heterocycles. The van der Waals surface area contributed by atoms with E-state index in [1.165, 1.54) is 16.8 Å².